The van der Waals surface area contributed by atoms with Gasteiger partial charge in [0.05, 0.1) is 23.6 Å². The summed E-state index contributed by atoms with van der Waals surface area (Å²) in [6.07, 6.45) is 0.319. The predicted molar refractivity (Wildman–Crippen MR) is 170 cm³/mol. The Balaban J connectivity index is 1.49. The number of aryl methyl sites for hydroxylation is 1. The molecule has 21 heteroatoms. The number of carbonyl (C=O) groups is 3. The second-order valence-corrected chi connectivity index (χ2v) is 13.7. The Morgan fingerprint density at radius 2 is 1.94 bits per heavy atom. The molecule has 260 valence electrons. The van der Waals surface area contributed by atoms with E-state index in [4.69, 9.17) is 38.4 Å². The van der Waals surface area contributed by atoms with Crippen molar-refractivity contribution in [2.45, 2.75) is 44.9 Å². The number of ether oxygens (including phenoxy) is 1. The minimum Gasteiger partial charge on any atom is -0.724 e. The van der Waals surface area contributed by atoms with E-state index in [2.05, 4.69) is 14.4 Å². The number of hydroxylamine groups is 2. The normalized spacial score (nSPS) is 16.8. The predicted octanol–water partition coefficient (Wildman–Crippen LogP) is 0.444. The summed E-state index contributed by atoms with van der Waals surface area (Å²) in [5.74, 6) is -3.62. The van der Waals surface area contributed by atoms with Gasteiger partial charge in [0.15, 0.2) is 29.5 Å². The number of Topliss-reactive ketones (excluding diaryl/α,β-unsaturated/α-hetero) is 1. The molecule has 1 saturated heterocycles. The highest BCUT2D eigenvalue weighted by Crippen LogP contribution is 2.41. The molecule has 1 unspecified atom stereocenters. The molecule has 1 aromatic carbocycles. The fourth-order valence-corrected chi connectivity index (χ4v) is 6.25. The van der Waals surface area contributed by atoms with Gasteiger partial charge in [0.2, 0.25) is 16.6 Å². The van der Waals surface area contributed by atoms with Gasteiger partial charge in [0, 0.05) is 6.42 Å². The number of thiazole rings is 1. The molecule has 1 amide bonds. The highest BCUT2D eigenvalue weighted by atomic mass is 35.5. The average molecular weight is 729 g/mol. The second kappa shape index (κ2) is 14.4. The number of oxime groups is 1. The Kier molecular flexibility index (Phi) is 11.0. The van der Waals surface area contributed by atoms with E-state index in [0.29, 0.717) is 29.7 Å². The molecule has 1 aliphatic rings. The number of anilines is 2. The number of β-lactam (4-membered cyclic amide) rings is 1. The fraction of sp³-hybridized carbons (Fsp3) is 0.407. The highest BCUT2D eigenvalue weighted by molar-refractivity contribution is 7.80. The Labute approximate surface area is 283 Å². The third-order valence-electron chi connectivity index (χ3n) is 7.46. The van der Waals surface area contributed by atoms with Crippen molar-refractivity contribution in [3.63, 3.8) is 0 Å². The van der Waals surface area contributed by atoms with Gasteiger partial charge < -0.3 is 36.4 Å². The third kappa shape index (κ3) is 8.02. The summed E-state index contributed by atoms with van der Waals surface area (Å²) < 4.78 is 46.6. The van der Waals surface area contributed by atoms with Crippen molar-refractivity contribution >= 4 is 67.7 Å². The van der Waals surface area contributed by atoms with Crippen LogP contribution in [0.15, 0.2) is 35.6 Å². The standard InChI is InChI=1S/C27H33ClN8O10S2/c1-27(2)17(24(38)36(27)46-48(41,42)43)11-18(37)20(21-22(28)47-26(31)32-21)33-45-19(25(39)40)13-44-15-7-5-14(6-8-15)16-12-34(3)35(23(16)30)10-4-9-29/h5-8,12,17,19,30H,4,9-11,13,29H2,1-3H3,(H4,31,32,39,40,41,42,43)/b33-20+/t17?,19-/m0/s1. The number of aromatic nitrogens is 3. The summed E-state index contributed by atoms with van der Waals surface area (Å²) in [7, 11) is -3.40. The summed E-state index contributed by atoms with van der Waals surface area (Å²) in [5.41, 5.74) is 17.1. The molecular formula is C27H33ClN8O10S2. The van der Waals surface area contributed by atoms with E-state index in [0.717, 1.165) is 28.9 Å². The van der Waals surface area contributed by atoms with E-state index in [1.165, 1.54) is 13.8 Å². The number of rotatable bonds is 16. The van der Waals surface area contributed by atoms with Crippen LogP contribution in [0.2, 0.25) is 4.34 Å². The van der Waals surface area contributed by atoms with Crippen molar-refractivity contribution in [3.8, 4) is 16.9 Å². The molecule has 3 heterocycles. The van der Waals surface area contributed by atoms with Crippen molar-refractivity contribution in [1.29, 1.82) is 0 Å². The maximum atomic E-state index is 13.4. The molecule has 2 atom stereocenters. The quantitative estimate of drug-likeness (QED) is 0.0389. The van der Waals surface area contributed by atoms with E-state index >= 15 is 0 Å². The first kappa shape index (κ1) is 36.5. The lowest BCUT2D eigenvalue weighted by Gasteiger charge is -2.51. The van der Waals surface area contributed by atoms with Crippen LogP contribution in [0.4, 0.5) is 10.9 Å². The van der Waals surface area contributed by atoms with Gasteiger partial charge in [0.1, 0.15) is 22.4 Å². The van der Waals surface area contributed by atoms with Gasteiger partial charge in [-0.25, -0.2) is 18.2 Å². The number of hydrogen-bond acceptors (Lipinski definition) is 15. The minimum absolute atomic E-state index is 0.0417. The van der Waals surface area contributed by atoms with Gasteiger partial charge in [-0.1, -0.05) is 40.2 Å². The van der Waals surface area contributed by atoms with Crippen LogP contribution in [0.5, 0.6) is 5.75 Å². The van der Waals surface area contributed by atoms with Gasteiger partial charge in [-0.05, 0) is 44.5 Å². The van der Waals surface area contributed by atoms with Crippen LogP contribution >= 0.6 is 22.9 Å². The summed E-state index contributed by atoms with van der Waals surface area (Å²) in [4.78, 5) is 47.2. The summed E-state index contributed by atoms with van der Waals surface area (Å²) in [5, 5.41) is 13.8. The van der Waals surface area contributed by atoms with E-state index in [-0.39, 0.29) is 15.2 Å². The van der Waals surface area contributed by atoms with Gasteiger partial charge in [0.25, 0.3) is 12.0 Å². The highest BCUT2D eigenvalue weighted by Gasteiger charge is 2.57. The summed E-state index contributed by atoms with van der Waals surface area (Å²) in [6.45, 7) is 3.37. The van der Waals surface area contributed by atoms with Crippen molar-refractivity contribution < 1.29 is 51.0 Å². The van der Waals surface area contributed by atoms with Crippen LogP contribution in [0, 0.1) is 5.92 Å². The van der Waals surface area contributed by atoms with Gasteiger partial charge in [-0.2, -0.15) is 9.35 Å². The number of ketones is 1. The number of nitrogens with zero attached hydrogens (tertiary/aromatic N) is 5. The number of carboxylic acid groups (broad SMARTS) is 1. The van der Waals surface area contributed by atoms with Crippen molar-refractivity contribution in [2.24, 2.45) is 23.9 Å². The van der Waals surface area contributed by atoms with Crippen LogP contribution in [-0.2, 0) is 47.5 Å². The van der Waals surface area contributed by atoms with E-state index in [1.54, 1.807) is 24.3 Å². The average Bonchev–Trinajstić information content (AvgIpc) is 3.49. The minimum atomic E-state index is -5.27. The number of hydrogen-bond donors (Lipinski definition) is 4. The lowest BCUT2D eigenvalue weighted by molar-refractivity contribution is -0.752. The Morgan fingerprint density at radius 1 is 1.27 bits per heavy atom. The molecule has 0 saturated carbocycles. The molecular weight excluding hydrogens is 696 g/mol. The Bertz CT molecular complexity index is 1840. The smallest absolute Gasteiger partial charge is 0.351 e. The monoisotopic (exact) mass is 728 g/mol. The number of carboxylic acids is 1. The second-order valence-electron chi connectivity index (χ2n) is 11.1. The molecule has 0 bridgehead atoms. The number of aliphatic carboxylic acids is 1. The third-order valence-corrected chi connectivity index (χ3v) is 8.87. The van der Waals surface area contributed by atoms with Crippen LogP contribution in [0.3, 0.4) is 0 Å². The largest absolute Gasteiger partial charge is 0.724 e. The van der Waals surface area contributed by atoms with Crippen LogP contribution in [0.1, 0.15) is 32.4 Å². The first-order chi connectivity index (χ1) is 22.4. The number of benzene rings is 1. The van der Waals surface area contributed by atoms with Crippen molar-refractivity contribution in [3.05, 3.63) is 40.5 Å². The SMILES string of the molecule is C[n+]1cc(-c2ccc(OC[C@H](O/N=C(\C(=O)CC3C(=O)N(OS(=O)(=O)[O-])C3(C)C)c3nc(N)sc3Cl)C(=O)O)cc2)c(N)n1CCCN. The topological polar surface area (TPSA) is 272 Å². The van der Waals surface area contributed by atoms with E-state index in [9.17, 15) is 32.5 Å². The van der Waals surface area contributed by atoms with Gasteiger partial charge in [-0.15, -0.1) is 9.36 Å². The molecule has 48 heavy (non-hydrogen) atoms. The molecule has 1 aliphatic heterocycles. The van der Waals surface area contributed by atoms with Crippen molar-refractivity contribution in [1.82, 2.24) is 14.7 Å². The van der Waals surface area contributed by atoms with Crippen LogP contribution in [-0.4, -0.2) is 81.0 Å². The summed E-state index contributed by atoms with van der Waals surface area (Å²) in [6, 6.07) is 6.72. The maximum Gasteiger partial charge on any atom is 0.351 e. The molecule has 0 radical (unpaired) electrons. The molecule has 2 aromatic heterocycles. The van der Waals surface area contributed by atoms with Crippen LogP contribution in [0.25, 0.3) is 11.1 Å². The maximum absolute atomic E-state index is 13.4. The zero-order valence-electron chi connectivity index (χ0n) is 25.9. The van der Waals surface area contributed by atoms with Gasteiger partial charge >= 0.3 is 5.97 Å². The molecule has 0 aliphatic carbocycles. The molecule has 7 N–H and O–H groups in total. The zero-order chi connectivity index (χ0) is 35.6. The lowest BCUT2D eigenvalue weighted by Crippen LogP contribution is -2.68. The first-order valence-corrected chi connectivity index (χ1v) is 16.7. The fourth-order valence-electron chi connectivity index (χ4n) is 4.87. The number of halogens is 1. The summed E-state index contributed by atoms with van der Waals surface area (Å²) >= 11 is 7.01. The van der Waals surface area contributed by atoms with E-state index < -0.39 is 64.4 Å². The molecule has 4 rings (SSSR count). The lowest BCUT2D eigenvalue weighted by atomic mass is 9.74. The van der Waals surface area contributed by atoms with Crippen LogP contribution < -0.4 is 26.6 Å². The molecule has 0 spiro atoms. The zero-order valence-corrected chi connectivity index (χ0v) is 28.2. The van der Waals surface area contributed by atoms with Gasteiger partial charge in [-0.3, -0.25) is 9.59 Å². The number of amides is 1. The number of carbonyl (C=O) groups excluding carboxylic acids is 2. The first-order valence-electron chi connectivity index (χ1n) is 14.1. The molecule has 18 nitrogen and oxygen atoms in total. The Morgan fingerprint density at radius 3 is 2.48 bits per heavy atom. The Hall–Kier alpha value is -4.34. The number of nitrogen functional groups attached to an aromatic ring is 2. The molecule has 3 aromatic rings. The number of nitrogens with two attached hydrogens (primary N) is 3. The van der Waals surface area contributed by atoms with Crippen molar-refractivity contribution in [2.75, 3.05) is 24.6 Å². The molecule has 1 fully saturated rings. The van der Waals surface area contributed by atoms with E-state index in [1.807, 2.05) is 22.6 Å².